The largest absolute Gasteiger partial charge is 0.317 e. The SMILES string of the molecule is C#CCCNC1CCCNCC1. The molecule has 0 aromatic rings. The Morgan fingerprint density at radius 1 is 1.42 bits per heavy atom. The summed E-state index contributed by atoms with van der Waals surface area (Å²) in [5, 5.41) is 6.87. The van der Waals surface area contributed by atoms with Crippen LogP contribution in [0.4, 0.5) is 0 Å². The van der Waals surface area contributed by atoms with Crippen molar-refractivity contribution in [1.29, 1.82) is 0 Å². The Morgan fingerprint density at radius 3 is 3.17 bits per heavy atom. The van der Waals surface area contributed by atoms with Gasteiger partial charge in [-0.3, -0.25) is 0 Å². The third-order valence-electron chi connectivity index (χ3n) is 2.28. The number of hydrogen-bond donors (Lipinski definition) is 2. The highest BCUT2D eigenvalue weighted by Crippen LogP contribution is 2.04. The quantitative estimate of drug-likeness (QED) is 0.477. The normalized spacial score (nSPS) is 24.4. The lowest BCUT2D eigenvalue weighted by Crippen LogP contribution is -2.30. The van der Waals surface area contributed by atoms with Crippen LogP contribution < -0.4 is 10.6 Å². The molecule has 2 nitrogen and oxygen atoms in total. The summed E-state index contributed by atoms with van der Waals surface area (Å²) in [6.45, 7) is 3.29. The Bertz CT molecular complexity index is 140. The van der Waals surface area contributed by atoms with Gasteiger partial charge in [0.05, 0.1) is 0 Å². The lowest BCUT2D eigenvalue weighted by atomic mass is 10.1. The van der Waals surface area contributed by atoms with Crippen LogP contribution in [0, 0.1) is 12.3 Å². The second-order valence-electron chi connectivity index (χ2n) is 3.29. The fraction of sp³-hybridized carbons (Fsp3) is 0.800. The molecule has 0 spiro atoms. The zero-order valence-corrected chi connectivity index (χ0v) is 7.60. The van der Waals surface area contributed by atoms with Crippen LogP contribution in [-0.2, 0) is 0 Å². The first-order valence-electron chi connectivity index (χ1n) is 4.81. The second-order valence-corrected chi connectivity index (χ2v) is 3.29. The van der Waals surface area contributed by atoms with Gasteiger partial charge >= 0.3 is 0 Å². The minimum absolute atomic E-state index is 0.688. The predicted molar refractivity (Wildman–Crippen MR) is 52.0 cm³/mol. The van der Waals surface area contributed by atoms with Crippen molar-refractivity contribution in [3.05, 3.63) is 0 Å². The first-order valence-corrected chi connectivity index (χ1v) is 4.81. The van der Waals surface area contributed by atoms with Crippen LogP contribution >= 0.6 is 0 Å². The molecule has 0 aliphatic carbocycles. The van der Waals surface area contributed by atoms with Crippen molar-refractivity contribution < 1.29 is 0 Å². The zero-order chi connectivity index (χ0) is 8.65. The highest BCUT2D eigenvalue weighted by molar-refractivity contribution is 4.85. The molecule has 2 heteroatoms. The van der Waals surface area contributed by atoms with E-state index in [0.717, 1.165) is 19.5 Å². The van der Waals surface area contributed by atoms with Crippen LogP contribution in [0.2, 0.25) is 0 Å². The third-order valence-corrected chi connectivity index (χ3v) is 2.28. The molecule has 12 heavy (non-hydrogen) atoms. The Kier molecular flexibility index (Phi) is 4.82. The van der Waals surface area contributed by atoms with Gasteiger partial charge in [-0.25, -0.2) is 0 Å². The highest BCUT2D eigenvalue weighted by atomic mass is 14.9. The van der Waals surface area contributed by atoms with Gasteiger partial charge < -0.3 is 10.6 Å². The Morgan fingerprint density at radius 2 is 2.33 bits per heavy atom. The number of terminal acetylenes is 1. The molecular weight excluding hydrogens is 148 g/mol. The summed E-state index contributed by atoms with van der Waals surface area (Å²) < 4.78 is 0. The van der Waals surface area contributed by atoms with Gasteiger partial charge in [0.15, 0.2) is 0 Å². The van der Waals surface area contributed by atoms with E-state index in [9.17, 15) is 0 Å². The monoisotopic (exact) mass is 166 g/mol. The van der Waals surface area contributed by atoms with Gasteiger partial charge in [-0.05, 0) is 32.4 Å². The Balaban J connectivity index is 2.08. The molecule has 1 atom stereocenters. The van der Waals surface area contributed by atoms with E-state index in [1.165, 1.54) is 25.8 Å². The molecule has 1 aliphatic rings. The maximum atomic E-state index is 5.17. The molecule has 0 amide bonds. The standard InChI is InChI=1S/C10H18N2/c1-2-3-8-12-10-5-4-7-11-9-6-10/h1,10-12H,3-9H2. The summed E-state index contributed by atoms with van der Waals surface area (Å²) in [5.74, 6) is 2.64. The van der Waals surface area contributed by atoms with E-state index in [2.05, 4.69) is 16.6 Å². The Hall–Kier alpha value is -0.520. The van der Waals surface area contributed by atoms with Crippen molar-refractivity contribution in [1.82, 2.24) is 10.6 Å². The van der Waals surface area contributed by atoms with Crippen LogP contribution in [-0.4, -0.2) is 25.7 Å². The fourth-order valence-electron chi connectivity index (χ4n) is 1.57. The number of rotatable bonds is 3. The van der Waals surface area contributed by atoms with E-state index >= 15 is 0 Å². The summed E-state index contributed by atoms with van der Waals surface area (Å²) in [5.41, 5.74) is 0. The molecule has 1 fully saturated rings. The summed E-state index contributed by atoms with van der Waals surface area (Å²) >= 11 is 0. The van der Waals surface area contributed by atoms with Crippen LogP contribution in [0.3, 0.4) is 0 Å². The van der Waals surface area contributed by atoms with Gasteiger partial charge in [0.2, 0.25) is 0 Å². The summed E-state index contributed by atoms with van der Waals surface area (Å²) in [6.07, 6.45) is 9.84. The van der Waals surface area contributed by atoms with E-state index < -0.39 is 0 Å². The van der Waals surface area contributed by atoms with E-state index in [-0.39, 0.29) is 0 Å². The summed E-state index contributed by atoms with van der Waals surface area (Å²) in [6, 6.07) is 0.688. The van der Waals surface area contributed by atoms with Gasteiger partial charge in [-0.15, -0.1) is 12.3 Å². The molecule has 1 unspecified atom stereocenters. The lowest BCUT2D eigenvalue weighted by molar-refractivity contribution is 0.476. The molecular formula is C10H18N2. The highest BCUT2D eigenvalue weighted by Gasteiger charge is 2.09. The molecule has 1 saturated heterocycles. The molecule has 2 N–H and O–H groups in total. The molecule has 0 aromatic heterocycles. The molecule has 0 radical (unpaired) electrons. The molecule has 1 heterocycles. The van der Waals surface area contributed by atoms with Crippen molar-refractivity contribution in [2.45, 2.75) is 31.7 Å². The van der Waals surface area contributed by atoms with Gasteiger partial charge in [-0.1, -0.05) is 0 Å². The van der Waals surface area contributed by atoms with Crippen molar-refractivity contribution in [2.75, 3.05) is 19.6 Å². The smallest absolute Gasteiger partial charge is 0.0211 e. The first kappa shape index (κ1) is 9.57. The van der Waals surface area contributed by atoms with Crippen molar-refractivity contribution in [3.63, 3.8) is 0 Å². The maximum Gasteiger partial charge on any atom is 0.0211 e. The van der Waals surface area contributed by atoms with Gasteiger partial charge in [0, 0.05) is 19.0 Å². The summed E-state index contributed by atoms with van der Waals surface area (Å²) in [7, 11) is 0. The predicted octanol–water partition coefficient (Wildman–Crippen LogP) is 0.741. The zero-order valence-electron chi connectivity index (χ0n) is 7.60. The molecule has 0 bridgehead atoms. The molecule has 0 saturated carbocycles. The van der Waals surface area contributed by atoms with Gasteiger partial charge in [0.25, 0.3) is 0 Å². The van der Waals surface area contributed by atoms with E-state index in [4.69, 9.17) is 6.42 Å². The summed E-state index contributed by atoms with van der Waals surface area (Å²) in [4.78, 5) is 0. The topological polar surface area (TPSA) is 24.1 Å². The average Bonchev–Trinajstić information content (AvgIpc) is 2.33. The van der Waals surface area contributed by atoms with Gasteiger partial charge in [0.1, 0.15) is 0 Å². The number of hydrogen-bond acceptors (Lipinski definition) is 2. The molecule has 68 valence electrons. The lowest BCUT2D eigenvalue weighted by Gasteiger charge is -2.14. The second kappa shape index (κ2) is 6.05. The Labute approximate surface area is 75.1 Å². The fourth-order valence-corrected chi connectivity index (χ4v) is 1.57. The van der Waals surface area contributed by atoms with E-state index in [1.54, 1.807) is 0 Å². The van der Waals surface area contributed by atoms with Crippen LogP contribution in [0.15, 0.2) is 0 Å². The van der Waals surface area contributed by atoms with Crippen LogP contribution in [0.25, 0.3) is 0 Å². The average molecular weight is 166 g/mol. The molecule has 1 rings (SSSR count). The first-order chi connectivity index (χ1) is 5.93. The van der Waals surface area contributed by atoms with E-state index in [1.807, 2.05) is 0 Å². The van der Waals surface area contributed by atoms with E-state index in [0.29, 0.717) is 6.04 Å². The number of nitrogens with one attached hydrogen (secondary N) is 2. The maximum absolute atomic E-state index is 5.17. The van der Waals surface area contributed by atoms with Crippen molar-refractivity contribution in [3.8, 4) is 12.3 Å². The minimum Gasteiger partial charge on any atom is -0.317 e. The van der Waals surface area contributed by atoms with Gasteiger partial charge in [-0.2, -0.15) is 0 Å². The molecule has 1 aliphatic heterocycles. The third kappa shape index (κ3) is 3.75. The molecule has 0 aromatic carbocycles. The van der Waals surface area contributed by atoms with Crippen molar-refractivity contribution >= 4 is 0 Å². The van der Waals surface area contributed by atoms with Crippen molar-refractivity contribution in [2.24, 2.45) is 0 Å². The van der Waals surface area contributed by atoms with Crippen LogP contribution in [0.5, 0.6) is 0 Å². The van der Waals surface area contributed by atoms with Crippen LogP contribution in [0.1, 0.15) is 25.7 Å². The minimum atomic E-state index is 0.688.